The molecule has 1 saturated heterocycles. The summed E-state index contributed by atoms with van der Waals surface area (Å²) in [6.07, 6.45) is 1.72. The van der Waals surface area contributed by atoms with Crippen molar-refractivity contribution in [3.63, 3.8) is 0 Å². The van der Waals surface area contributed by atoms with E-state index in [1.807, 2.05) is 80.6 Å². The Morgan fingerprint density at radius 1 is 1.00 bits per heavy atom. The lowest BCUT2D eigenvalue weighted by molar-refractivity contribution is -0.123. The minimum absolute atomic E-state index is 0.259. The third-order valence-electron chi connectivity index (χ3n) is 5.32. The van der Waals surface area contributed by atoms with Crippen LogP contribution in [0.15, 0.2) is 76.1 Å². The van der Waals surface area contributed by atoms with Crippen molar-refractivity contribution in [1.82, 2.24) is 4.90 Å². The average Bonchev–Trinajstić information content (AvgIpc) is 3.08. The maximum absolute atomic E-state index is 13.0. The molecule has 0 atom stereocenters. The van der Waals surface area contributed by atoms with E-state index in [-0.39, 0.29) is 17.7 Å². The zero-order chi connectivity index (χ0) is 24.1. The smallest absolute Gasteiger partial charge is 0.293 e. The molecule has 3 aromatic carbocycles. The Morgan fingerprint density at radius 3 is 2.47 bits per heavy atom. The number of aryl methyl sites for hydroxylation is 1. The van der Waals surface area contributed by atoms with E-state index in [1.54, 1.807) is 6.08 Å². The molecule has 0 saturated carbocycles. The fourth-order valence-corrected chi connectivity index (χ4v) is 4.96. The SMILES string of the molecule is CCOc1cc(/C=C2\SC(=O)N(Cc3ccccc3C)C2=O)cc(Br)c1OCc1ccccc1. The summed E-state index contributed by atoms with van der Waals surface area (Å²) in [5.41, 5.74) is 3.78. The Kier molecular flexibility index (Phi) is 7.75. The van der Waals surface area contributed by atoms with Crippen LogP contribution in [0, 0.1) is 6.92 Å². The largest absolute Gasteiger partial charge is 0.490 e. The van der Waals surface area contributed by atoms with Gasteiger partial charge in [-0.25, -0.2) is 0 Å². The number of benzene rings is 3. The molecule has 0 radical (unpaired) electrons. The number of carbonyl (C=O) groups excluding carboxylic acids is 2. The molecule has 0 aromatic heterocycles. The average molecular weight is 538 g/mol. The molecule has 0 aliphatic carbocycles. The van der Waals surface area contributed by atoms with E-state index >= 15 is 0 Å². The second-order valence-corrected chi connectivity index (χ2v) is 9.58. The highest BCUT2D eigenvalue weighted by Gasteiger charge is 2.35. The highest BCUT2D eigenvalue weighted by molar-refractivity contribution is 9.10. The van der Waals surface area contributed by atoms with Crippen LogP contribution < -0.4 is 9.47 Å². The van der Waals surface area contributed by atoms with Crippen molar-refractivity contribution in [2.24, 2.45) is 0 Å². The number of ether oxygens (including phenoxy) is 2. The van der Waals surface area contributed by atoms with Crippen LogP contribution >= 0.6 is 27.7 Å². The zero-order valence-electron chi connectivity index (χ0n) is 18.9. The van der Waals surface area contributed by atoms with Gasteiger partial charge in [0, 0.05) is 0 Å². The van der Waals surface area contributed by atoms with Gasteiger partial charge in [-0.2, -0.15) is 0 Å². The van der Waals surface area contributed by atoms with Crippen LogP contribution in [0.3, 0.4) is 0 Å². The Hall–Kier alpha value is -3.03. The summed E-state index contributed by atoms with van der Waals surface area (Å²) in [5.74, 6) is 0.866. The third kappa shape index (κ3) is 5.54. The molecule has 1 aliphatic heterocycles. The molecule has 0 bridgehead atoms. The summed E-state index contributed by atoms with van der Waals surface area (Å²) in [6, 6.07) is 21.3. The lowest BCUT2D eigenvalue weighted by atomic mass is 10.1. The summed E-state index contributed by atoms with van der Waals surface area (Å²) in [5, 5.41) is -0.272. The second-order valence-electron chi connectivity index (χ2n) is 7.73. The van der Waals surface area contributed by atoms with Crippen LogP contribution in [0.2, 0.25) is 0 Å². The van der Waals surface area contributed by atoms with Gasteiger partial charge in [0.1, 0.15) is 6.61 Å². The summed E-state index contributed by atoms with van der Waals surface area (Å²) >= 11 is 4.53. The molecule has 1 heterocycles. The molecular weight excluding hydrogens is 514 g/mol. The fourth-order valence-electron chi connectivity index (χ4n) is 3.55. The lowest BCUT2D eigenvalue weighted by Crippen LogP contribution is -2.27. The van der Waals surface area contributed by atoms with E-state index in [2.05, 4.69) is 15.9 Å². The van der Waals surface area contributed by atoms with Crippen LogP contribution in [0.5, 0.6) is 11.5 Å². The van der Waals surface area contributed by atoms with Crippen LogP contribution in [0.4, 0.5) is 4.79 Å². The number of hydrogen-bond donors (Lipinski definition) is 0. The Labute approximate surface area is 211 Å². The minimum atomic E-state index is -0.295. The van der Waals surface area contributed by atoms with Gasteiger partial charge in [-0.3, -0.25) is 14.5 Å². The topological polar surface area (TPSA) is 55.8 Å². The van der Waals surface area contributed by atoms with Gasteiger partial charge in [0.2, 0.25) is 0 Å². The zero-order valence-corrected chi connectivity index (χ0v) is 21.3. The van der Waals surface area contributed by atoms with E-state index in [4.69, 9.17) is 9.47 Å². The van der Waals surface area contributed by atoms with Crippen LogP contribution in [0.1, 0.15) is 29.2 Å². The first-order chi connectivity index (χ1) is 16.5. The van der Waals surface area contributed by atoms with E-state index in [1.165, 1.54) is 4.90 Å². The molecule has 0 unspecified atom stereocenters. The van der Waals surface area contributed by atoms with Gasteiger partial charge in [-0.15, -0.1) is 0 Å². The van der Waals surface area contributed by atoms with Gasteiger partial charge >= 0.3 is 0 Å². The maximum atomic E-state index is 13.0. The first kappa shape index (κ1) is 24.1. The van der Waals surface area contributed by atoms with Gasteiger partial charge < -0.3 is 9.47 Å². The van der Waals surface area contributed by atoms with Crippen molar-refractivity contribution in [1.29, 1.82) is 0 Å². The van der Waals surface area contributed by atoms with Gasteiger partial charge in [0.05, 0.1) is 22.5 Å². The molecule has 34 heavy (non-hydrogen) atoms. The molecule has 1 fully saturated rings. The third-order valence-corrected chi connectivity index (χ3v) is 6.82. The maximum Gasteiger partial charge on any atom is 0.293 e. The summed E-state index contributed by atoms with van der Waals surface area (Å²) in [7, 11) is 0. The number of carbonyl (C=O) groups is 2. The number of nitrogens with zero attached hydrogens (tertiary/aromatic N) is 1. The molecular formula is C27H24BrNO4S. The Bertz CT molecular complexity index is 1240. The number of hydrogen-bond acceptors (Lipinski definition) is 5. The van der Waals surface area contributed by atoms with Crippen LogP contribution in [-0.4, -0.2) is 22.7 Å². The summed E-state index contributed by atoms with van der Waals surface area (Å²) < 4.78 is 12.6. The molecule has 5 nitrogen and oxygen atoms in total. The quantitative estimate of drug-likeness (QED) is 0.290. The van der Waals surface area contributed by atoms with Gasteiger partial charge in [-0.1, -0.05) is 54.6 Å². The number of imide groups is 1. The molecule has 7 heteroatoms. The molecule has 1 aliphatic rings. The van der Waals surface area contributed by atoms with E-state index in [0.717, 1.165) is 34.0 Å². The van der Waals surface area contributed by atoms with Crippen LogP contribution in [0.25, 0.3) is 6.08 Å². The minimum Gasteiger partial charge on any atom is -0.490 e. The van der Waals surface area contributed by atoms with Crippen molar-refractivity contribution in [3.8, 4) is 11.5 Å². The molecule has 0 spiro atoms. The monoisotopic (exact) mass is 537 g/mol. The van der Waals surface area contributed by atoms with Crippen molar-refractivity contribution in [2.75, 3.05) is 6.61 Å². The predicted octanol–water partition coefficient (Wildman–Crippen LogP) is 6.97. The summed E-state index contributed by atoms with van der Waals surface area (Å²) in [4.78, 5) is 27.3. The number of rotatable bonds is 8. The van der Waals surface area contributed by atoms with E-state index < -0.39 is 0 Å². The fraction of sp³-hybridized carbons (Fsp3) is 0.185. The first-order valence-corrected chi connectivity index (χ1v) is 12.5. The normalized spacial score (nSPS) is 14.7. The standard InChI is InChI=1S/C27H24BrNO4S/c1-3-32-23-14-20(13-22(28)25(23)33-17-19-10-5-4-6-11-19)15-24-26(30)29(27(31)34-24)16-21-12-8-7-9-18(21)2/h4-15H,3,16-17H2,1-2H3/b24-15-. The second kappa shape index (κ2) is 10.9. The number of amides is 2. The molecule has 4 rings (SSSR count). The van der Waals surface area contributed by atoms with Crippen LogP contribution in [-0.2, 0) is 17.9 Å². The van der Waals surface area contributed by atoms with Crippen molar-refractivity contribution >= 4 is 44.9 Å². The molecule has 0 N–H and O–H groups in total. The van der Waals surface area contributed by atoms with Crippen molar-refractivity contribution in [3.05, 3.63) is 98.4 Å². The van der Waals surface area contributed by atoms with E-state index in [9.17, 15) is 9.59 Å². The predicted molar refractivity (Wildman–Crippen MR) is 139 cm³/mol. The number of thioether (sulfide) groups is 1. The Balaban J connectivity index is 1.56. The van der Waals surface area contributed by atoms with Crippen molar-refractivity contribution < 1.29 is 19.1 Å². The van der Waals surface area contributed by atoms with Crippen molar-refractivity contribution in [2.45, 2.75) is 27.0 Å². The van der Waals surface area contributed by atoms with Gasteiger partial charge in [0.15, 0.2) is 11.5 Å². The van der Waals surface area contributed by atoms with Gasteiger partial charge in [-0.05, 0) is 82.0 Å². The lowest BCUT2D eigenvalue weighted by Gasteiger charge is -2.15. The highest BCUT2D eigenvalue weighted by atomic mass is 79.9. The van der Waals surface area contributed by atoms with Gasteiger partial charge in [0.25, 0.3) is 11.1 Å². The van der Waals surface area contributed by atoms with E-state index in [0.29, 0.717) is 34.1 Å². The molecule has 174 valence electrons. The Morgan fingerprint density at radius 2 is 1.74 bits per heavy atom. The first-order valence-electron chi connectivity index (χ1n) is 10.9. The molecule has 3 aromatic rings. The summed E-state index contributed by atoms with van der Waals surface area (Å²) in [6.45, 7) is 4.99. The highest BCUT2D eigenvalue weighted by Crippen LogP contribution is 2.40. The molecule has 2 amide bonds. The number of halogens is 1.